The molecule has 0 aliphatic heterocycles. The third kappa shape index (κ3) is 1.90. The SMILES string of the molecule is Cc1c(Br)c([N+](=O)[O-])nn1CC(N)=O. The van der Waals surface area contributed by atoms with Gasteiger partial charge in [-0.15, -0.1) is 0 Å². The van der Waals surface area contributed by atoms with Gasteiger partial charge < -0.3 is 15.8 Å². The summed E-state index contributed by atoms with van der Waals surface area (Å²) >= 11 is 3.01. The molecule has 0 saturated carbocycles. The number of halogens is 1. The molecule has 1 heterocycles. The molecule has 0 aliphatic carbocycles. The monoisotopic (exact) mass is 262 g/mol. The van der Waals surface area contributed by atoms with E-state index in [1.807, 2.05) is 0 Å². The summed E-state index contributed by atoms with van der Waals surface area (Å²) in [7, 11) is 0. The fourth-order valence-corrected chi connectivity index (χ4v) is 1.36. The molecule has 0 saturated heterocycles. The van der Waals surface area contributed by atoms with E-state index in [1.54, 1.807) is 6.92 Å². The molecule has 1 aromatic heterocycles. The minimum atomic E-state index is -0.630. The van der Waals surface area contributed by atoms with E-state index in [1.165, 1.54) is 4.68 Å². The van der Waals surface area contributed by atoms with Gasteiger partial charge in [0.05, 0.1) is 10.8 Å². The lowest BCUT2D eigenvalue weighted by Gasteiger charge is -1.93. The van der Waals surface area contributed by atoms with Gasteiger partial charge in [-0.1, -0.05) is 0 Å². The van der Waals surface area contributed by atoms with Crippen molar-refractivity contribution in [2.24, 2.45) is 5.73 Å². The highest BCUT2D eigenvalue weighted by atomic mass is 79.9. The first-order chi connectivity index (χ1) is 6.43. The van der Waals surface area contributed by atoms with Crippen molar-refractivity contribution < 1.29 is 9.72 Å². The van der Waals surface area contributed by atoms with Crippen LogP contribution in [0.5, 0.6) is 0 Å². The second-order valence-electron chi connectivity index (χ2n) is 2.60. The molecule has 7 nitrogen and oxygen atoms in total. The van der Waals surface area contributed by atoms with Crippen LogP contribution in [0.3, 0.4) is 0 Å². The van der Waals surface area contributed by atoms with Gasteiger partial charge >= 0.3 is 5.82 Å². The molecular weight excluding hydrogens is 256 g/mol. The number of nitrogens with two attached hydrogens (primary N) is 1. The van der Waals surface area contributed by atoms with Crippen LogP contribution in [0, 0.1) is 17.0 Å². The average molecular weight is 263 g/mol. The smallest absolute Gasteiger partial charge is 0.368 e. The Balaban J connectivity index is 3.15. The molecule has 1 aromatic rings. The topological polar surface area (TPSA) is 104 Å². The highest BCUT2D eigenvalue weighted by molar-refractivity contribution is 9.10. The summed E-state index contributed by atoms with van der Waals surface area (Å²) in [6, 6.07) is 0. The van der Waals surface area contributed by atoms with Gasteiger partial charge in [0.15, 0.2) is 0 Å². The first-order valence-corrected chi connectivity index (χ1v) is 4.38. The fourth-order valence-electron chi connectivity index (χ4n) is 0.927. The summed E-state index contributed by atoms with van der Waals surface area (Å²) < 4.78 is 1.45. The predicted octanol–water partition coefficient (Wildman–Crippen LogP) is 0.348. The van der Waals surface area contributed by atoms with E-state index in [0.29, 0.717) is 5.69 Å². The second-order valence-corrected chi connectivity index (χ2v) is 3.40. The third-order valence-corrected chi connectivity index (χ3v) is 2.52. The molecule has 1 amide bonds. The van der Waals surface area contributed by atoms with Crippen LogP contribution >= 0.6 is 15.9 Å². The Bertz CT molecular complexity index is 400. The molecule has 0 atom stereocenters. The molecule has 0 bridgehead atoms. The summed E-state index contributed by atoms with van der Waals surface area (Å²) in [5, 5.41) is 14.1. The lowest BCUT2D eigenvalue weighted by atomic mass is 10.4. The Labute approximate surface area is 87.2 Å². The van der Waals surface area contributed by atoms with Crippen LogP contribution in [-0.4, -0.2) is 20.6 Å². The maximum Gasteiger partial charge on any atom is 0.404 e. The van der Waals surface area contributed by atoms with Crippen molar-refractivity contribution in [1.29, 1.82) is 0 Å². The van der Waals surface area contributed by atoms with Crippen molar-refractivity contribution in [3.05, 3.63) is 20.3 Å². The normalized spacial score (nSPS) is 10.1. The van der Waals surface area contributed by atoms with Gasteiger partial charge in [0.25, 0.3) is 0 Å². The van der Waals surface area contributed by atoms with Crippen LogP contribution in [0.2, 0.25) is 0 Å². The number of nitrogens with zero attached hydrogens (tertiary/aromatic N) is 3. The van der Waals surface area contributed by atoms with Crippen molar-refractivity contribution in [3.8, 4) is 0 Å². The van der Waals surface area contributed by atoms with E-state index in [2.05, 4.69) is 21.0 Å². The zero-order valence-electron chi connectivity index (χ0n) is 7.23. The highest BCUT2D eigenvalue weighted by Gasteiger charge is 2.23. The van der Waals surface area contributed by atoms with Gasteiger partial charge in [-0.2, -0.15) is 4.68 Å². The maximum atomic E-state index is 10.6. The zero-order chi connectivity index (χ0) is 10.9. The van der Waals surface area contributed by atoms with E-state index < -0.39 is 10.8 Å². The molecule has 76 valence electrons. The molecule has 0 spiro atoms. The number of aromatic nitrogens is 2. The number of carbonyl (C=O) groups excluding carboxylic acids is 1. The number of primary amides is 1. The minimum Gasteiger partial charge on any atom is -0.368 e. The van der Waals surface area contributed by atoms with Crippen LogP contribution in [-0.2, 0) is 11.3 Å². The number of amides is 1. The average Bonchev–Trinajstić information content (AvgIpc) is 2.32. The van der Waals surface area contributed by atoms with Crippen molar-refractivity contribution in [2.75, 3.05) is 0 Å². The standard InChI is InChI=1S/C6H7BrN4O3/c1-3-5(7)6(11(13)14)9-10(3)2-4(8)12/h2H2,1H3,(H2,8,12). The molecule has 14 heavy (non-hydrogen) atoms. The van der Waals surface area contributed by atoms with Gasteiger partial charge in [-0.3, -0.25) is 4.79 Å². The van der Waals surface area contributed by atoms with E-state index >= 15 is 0 Å². The molecule has 1 rings (SSSR count). The first-order valence-electron chi connectivity index (χ1n) is 3.59. The van der Waals surface area contributed by atoms with Crippen LogP contribution in [0.25, 0.3) is 0 Å². The number of hydrogen-bond acceptors (Lipinski definition) is 4. The molecule has 0 unspecified atom stereocenters. The Hall–Kier alpha value is -1.44. The van der Waals surface area contributed by atoms with Gasteiger partial charge in [0, 0.05) is 0 Å². The third-order valence-electron chi connectivity index (χ3n) is 1.60. The Kier molecular flexibility index (Phi) is 2.84. The van der Waals surface area contributed by atoms with E-state index in [-0.39, 0.29) is 16.8 Å². The summed E-state index contributed by atoms with van der Waals surface area (Å²) in [5.41, 5.74) is 5.44. The Morgan fingerprint density at radius 3 is 2.71 bits per heavy atom. The van der Waals surface area contributed by atoms with E-state index in [4.69, 9.17) is 5.73 Å². The first kappa shape index (κ1) is 10.6. The van der Waals surface area contributed by atoms with Crippen LogP contribution in [0.4, 0.5) is 5.82 Å². The Morgan fingerprint density at radius 1 is 1.79 bits per heavy atom. The van der Waals surface area contributed by atoms with Crippen molar-refractivity contribution in [1.82, 2.24) is 9.78 Å². The van der Waals surface area contributed by atoms with E-state index in [9.17, 15) is 14.9 Å². The molecule has 2 N–H and O–H groups in total. The molecule has 0 radical (unpaired) electrons. The lowest BCUT2D eigenvalue weighted by molar-refractivity contribution is -0.390. The number of rotatable bonds is 3. The predicted molar refractivity (Wildman–Crippen MR) is 50.5 cm³/mol. The summed E-state index contributed by atoms with van der Waals surface area (Å²) in [6.45, 7) is 1.44. The Morgan fingerprint density at radius 2 is 2.36 bits per heavy atom. The highest BCUT2D eigenvalue weighted by Crippen LogP contribution is 2.26. The van der Waals surface area contributed by atoms with Gasteiger partial charge in [-0.05, 0) is 27.8 Å². The number of hydrogen-bond donors (Lipinski definition) is 1. The van der Waals surface area contributed by atoms with Gasteiger partial charge in [-0.25, -0.2) is 0 Å². The van der Waals surface area contributed by atoms with Crippen molar-refractivity contribution in [2.45, 2.75) is 13.5 Å². The summed E-state index contributed by atoms with van der Waals surface area (Å²) in [5.74, 6) is -0.915. The van der Waals surface area contributed by atoms with Gasteiger partial charge in [0.1, 0.15) is 11.0 Å². The van der Waals surface area contributed by atoms with Crippen LogP contribution in [0.1, 0.15) is 5.69 Å². The minimum absolute atomic E-state index is 0.168. The van der Waals surface area contributed by atoms with Gasteiger partial charge in [0.2, 0.25) is 5.91 Å². The molecular formula is C6H7BrN4O3. The lowest BCUT2D eigenvalue weighted by Crippen LogP contribution is -2.20. The number of nitro groups is 1. The fraction of sp³-hybridized carbons (Fsp3) is 0.333. The molecule has 8 heteroatoms. The van der Waals surface area contributed by atoms with Crippen LogP contribution < -0.4 is 5.73 Å². The summed E-state index contributed by atoms with van der Waals surface area (Å²) in [6.07, 6.45) is 0. The molecule has 0 fully saturated rings. The van der Waals surface area contributed by atoms with Crippen LogP contribution in [0.15, 0.2) is 4.47 Å². The largest absolute Gasteiger partial charge is 0.404 e. The molecule has 0 aromatic carbocycles. The number of carbonyl (C=O) groups is 1. The van der Waals surface area contributed by atoms with Crippen molar-refractivity contribution in [3.63, 3.8) is 0 Å². The van der Waals surface area contributed by atoms with Crippen molar-refractivity contribution >= 4 is 27.7 Å². The summed E-state index contributed by atoms with van der Waals surface area (Å²) in [4.78, 5) is 20.4. The second kappa shape index (κ2) is 3.74. The molecule has 0 aliphatic rings. The van der Waals surface area contributed by atoms with E-state index in [0.717, 1.165) is 0 Å². The maximum absolute atomic E-state index is 10.6. The quantitative estimate of drug-likeness (QED) is 0.627. The zero-order valence-corrected chi connectivity index (χ0v) is 8.81.